The highest BCUT2D eigenvalue weighted by atomic mass is 15.2. The van der Waals surface area contributed by atoms with Gasteiger partial charge >= 0.3 is 0 Å². The van der Waals surface area contributed by atoms with Gasteiger partial charge in [-0.05, 0) is 25.7 Å². The Morgan fingerprint density at radius 1 is 1.17 bits per heavy atom. The lowest BCUT2D eigenvalue weighted by atomic mass is 9.83. The van der Waals surface area contributed by atoms with Gasteiger partial charge in [0.25, 0.3) is 0 Å². The van der Waals surface area contributed by atoms with E-state index in [9.17, 15) is 0 Å². The highest BCUT2D eigenvalue weighted by Crippen LogP contribution is 2.36. The van der Waals surface area contributed by atoms with E-state index in [1.165, 1.54) is 19.3 Å². The van der Waals surface area contributed by atoms with Gasteiger partial charge in [-0.15, -0.1) is 0 Å². The molecule has 0 amide bonds. The molecule has 5 nitrogen and oxygen atoms in total. The number of piperidine rings is 1. The number of rotatable bonds is 2. The van der Waals surface area contributed by atoms with E-state index in [1.54, 1.807) is 0 Å². The van der Waals surface area contributed by atoms with Crippen molar-refractivity contribution in [3.05, 3.63) is 11.8 Å². The molecule has 1 aliphatic carbocycles. The van der Waals surface area contributed by atoms with Gasteiger partial charge in [0.15, 0.2) is 0 Å². The van der Waals surface area contributed by atoms with E-state index in [-0.39, 0.29) is 6.04 Å². The Hall–Kier alpha value is -1.36. The minimum atomic E-state index is 0.252. The van der Waals surface area contributed by atoms with Crippen molar-refractivity contribution in [2.24, 2.45) is 5.73 Å². The van der Waals surface area contributed by atoms with Crippen LogP contribution in [0.4, 0.5) is 11.8 Å². The molecule has 5 heteroatoms. The normalized spacial score (nSPS) is 24.9. The van der Waals surface area contributed by atoms with E-state index >= 15 is 0 Å². The van der Waals surface area contributed by atoms with Crippen LogP contribution in [-0.4, -0.2) is 29.1 Å². The van der Waals surface area contributed by atoms with Crippen molar-refractivity contribution >= 4 is 11.8 Å². The maximum Gasteiger partial charge on any atom is 0.222 e. The molecule has 2 heterocycles. The van der Waals surface area contributed by atoms with Crippen LogP contribution >= 0.6 is 0 Å². The molecule has 3 rings (SSSR count). The van der Waals surface area contributed by atoms with Crippen molar-refractivity contribution < 1.29 is 0 Å². The van der Waals surface area contributed by atoms with Gasteiger partial charge in [0.1, 0.15) is 5.82 Å². The molecular weight excluding hydrogens is 226 g/mol. The fraction of sp³-hybridized carbons (Fsp3) is 0.692. The molecule has 98 valence electrons. The number of hydrogen-bond donors (Lipinski definition) is 2. The molecule has 4 N–H and O–H groups in total. The molecule has 0 spiro atoms. The summed E-state index contributed by atoms with van der Waals surface area (Å²) in [5.74, 6) is 1.95. The number of aromatic nitrogens is 2. The van der Waals surface area contributed by atoms with Gasteiger partial charge in [-0.25, -0.2) is 4.98 Å². The number of anilines is 2. The van der Waals surface area contributed by atoms with Crippen molar-refractivity contribution in [1.82, 2.24) is 9.97 Å². The Bertz CT molecular complexity index is 429. The first-order valence-electron chi connectivity index (χ1n) is 6.87. The molecule has 2 fully saturated rings. The fourth-order valence-corrected chi connectivity index (χ4v) is 2.76. The quantitative estimate of drug-likeness (QED) is 0.822. The monoisotopic (exact) mass is 247 g/mol. The van der Waals surface area contributed by atoms with Gasteiger partial charge in [0.2, 0.25) is 5.95 Å². The van der Waals surface area contributed by atoms with Crippen LogP contribution in [0.1, 0.15) is 43.7 Å². The van der Waals surface area contributed by atoms with Gasteiger partial charge in [-0.1, -0.05) is 6.42 Å². The summed E-state index contributed by atoms with van der Waals surface area (Å²) in [7, 11) is 0. The van der Waals surface area contributed by atoms with E-state index < -0.39 is 0 Å². The van der Waals surface area contributed by atoms with Crippen LogP contribution in [0, 0.1) is 0 Å². The van der Waals surface area contributed by atoms with Crippen LogP contribution in [0.3, 0.4) is 0 Å². The third-order valence-electron chi connectivity index (χ3n) is 4.06. The second-order valence-electron chi connectivity index (χ2n) is 5.49. The van der Waals surface area contributed by atoms with Crippen LogP contribution in [-0.2, 0) is 0 Å². The second kappa shape index (κ2) is 4.72. The zero-order valence-corrected chi connectivity index (χ0v) is 10.7. The largest absolute Gasteiger partial charge is 0.368 e. The summed E-state index contributed by atoms with van der Waals surface area (Å²) in [6.45, 7) is 1.90. The smallest absolute Gasteiger partial charge is 0.222 e. The van der Waals surface area contributed by atoms with Gasteiger partial charge in [0.05, 0.1) is 5.69 Å². The predicted molar refractivity (Wildman–Crippen MR) is 72.5 cm³/mol. The summed E-state index contributed by atoms with van der Waals surface area (Å²) in [6, 6.07) is 2.36. The molecule has 1 aromatic rings. The summed E-state index contributed by atoms with van der Waals surface area (Å²) in [6.07, 6.45) is 6.00. The molecule has 18 heavy (non-hydrogen) atoms. The van der Waals surface area contributed by atoms with E-state index in [1.807, 2.05) is 0 Å². The SMILES string of the molecule is Nc1nc(C2CCC2)cc(N2CCC[C@@H](N)C2)n1. The molecule has 0 bridgehead atoms. The average Bonchev–Trinajstić information content (AvgIpc) is 2.26. The van der Waals surface area contributed by atoms with Crippen molar-refractivity contribution in [3.8, 4) is 0 Å². The first-order chi connectivity index (χ1) is 8.72. The lowest BCUT2D eigenvalue weighted by Gasteiger charge is -2.32. The number of nitrogens with two attached hydrogens (primary N) is 2. The molecular formula is C13H21N5. The Labute approximate surface area is 108 Å². The molecule has 1 atom stereocenters. The molecule has 1 aliphatic heterocycles. The maximum absolute atomic E-state index is 6.02. The third-order valence-corrected chi connectivity index (χ3v) is 4.06. The number of hydrogen-bond acceptors (Lipinski definition) is 5. The summed E-state index contributed by atoms with van der Waals surface area (Å²) < 4.78 is 0. The highest BCUT2D eigenvalue weighted by Gasteiger charge is 2.24. The predicted octanol–water partition coefficient (Wildman–Crippen LogP) is 1.25. The van der Waals surface area contributed by atoms with Crippen molar-refractivity contribution in [3.63, 3.8) is 0 Å². The maximum atomic E-state index is 6.02. The van der Waals surface area contributed by atoms with Crippen LogP contribution in [0.5, 0.6) is 0 Å². The second-order valence-corrected chi connectivity index (χ2v) is 5.49. The molecule has 0 unspecified atom stereocenters. The van der Waals surface area contributed by atoms with Crippen LogP contribution in [0.15, 0.2) is 6.07 Å². The third kappa shape index (κ3) is 2.27. The summed E-state index contributed by atoms with van der Waals surface area (Å²) in [5, 5.41) is 0. The first-order valence-corrected chi connectivity index (χ1v) is 6.87. The number of nitrogens with zero attached hydrogens (tertiary/aromatic N) is 3. The average molecular weight is 247 g/mol. The van der Waals surface area contributed by atoms with Gasteiger partial charge < -0.3 is 16.4 Å². The lowest BCUT2D eigenvalue weighted by Crippen LogP contribution is -2.43. The van der Waals surface area contributed by atoms with Crippen LogP contribution in [0.2, 0.25) is 0 Å². The summed E-state index contributed by atoms with van der Waals surface area (Å²) in [4.78, 5) is 11.0. The molecule has 0 aromatic carbocycles. The van der Waals surface area contributed by atoms with Crippen molar-refractivity contribution in [2.45, 2.75) is 44.1 Å². The van der Waals surface area contributed by atoms with Crippen LogP contribution in [0.25, 0.3) is 0 Å². The Kier molecular flexibility index (Phi) is 3.07. The Morgan fingerprint density at radius 3 is 2.67 bits per heavy atom. The molecule has 1 aromatic heterocycles. The minimum Gasteiger partial charge on any atom is -0.368 e. The van der Waals surface area contributed by atoms with E-state index in [2.05, 4.69) is 20.9 Å². The molecule has 1 saturated heterocycles. The van der Waals surface area contributed by atoms with Crippen molar-refractivity contribution in [2.75, 3.05) is 23.7 Å². The highest BCUT2D eigenvalue weighted by molar-refractivity contribution is 5.45. The summed E-state index contributed by atoms with van der Waals surface area (Å²) in [5.41, 5.74) is 13.0. The zero-order valence-electron chi connectivity index (χ0n) is 10.7. The van der Waals surface area contributed by atoms with Gasteiger partial charge in [-0.3, -0.25) is 0 Å². The summed E-state index contributed by atoms with van der Waals surface area (Å²) >= 11 is 0. The Balaban J connectivity index is 1.84. The van der Waals surface area contributed by atoms with E-state index in [0.717, 1.165) is 37.4 Å². The van der Waals surface area contributed by atoms with Crippen molar-refractivity contribution in [1.29, 1.82) is 0 Å². The molecule has 0 radical (unpaired) electrons. The standard InChI is InChI=1S/C13H21N5/c14-10-5-2-6-18(8-10)12-7-11(9-3-1-4-9)16-13(15)17-12/h7,9-10H,1-6,8,14H2,(H2,15,16,17)/t10-/m1/s1. The lowest BCUT2D eigenvalue weighted by molar-refractivity contribution is 0.410. The van der Waals surface area contributed by atoms with Crippen LogP contribution < -0.4 is 16.4 Å². The van der Waals surface area contributed by atoms with Gasteiger partial charge in [0, 0.05) is 31.1 Å². The van der Waals surface area contributed by atoms with Gasteiger partial charge in [-0.2, -0.15) is 4.98 Å². The topological polar surface area (TPSA) is 81.1 Å². The molecule has 2 aliphatic rings. The number of nitrogen functional groups attached to an aromatic ring is 1. The Morgan fingerprint density at radius 2 is 2.00 bits per heavy atom. The van der Waals surface area contributed by atoms with E-state index in [0.29, 0.717) is 11.9 Å². The first kappa shape index (κ1) is 11.7. The van der Waals surface area contributed by atoms with E-state index in [4.69, 9.17) is 11.5 Å². The molecule has 1 saturated carbocycles. The fourth-order valence-electron chi connectivity index (χ4n) is 2.76. The minimum absolute atomic E-state index is 0.252. The zero-order chi connectivity index (χ0) is 12.5.